The number of H-pyrrole nitrogens is 1. The van der Waals surface area contributed by atoms with Crippen molar-refractivity contribution in [2.24, 2.45) is 0 Å². The number of anilines is 1. The van der Waals surface area contributed by atoms with Crippen LogP contribution in [0.3, 0.4) is 0 Å². The fourth-order valence-electron chi connectivity index (χ4n) is 4.13. The Balaban J connectivity index is 1.67. The smallest absolute Gasteiger partial charge is 0.277 e. The molecule has 156 valence electrons. The Bertz CT molecular complexity index is 1250. The summed E-state index contributed by atoms with van der Waals surface area (Å²) in [6.45, 7) is 6.27. The Morgan fingerprint density at radius 1 is 1.06 bits per heavy atom. The number of carbonyl (C=O) groups is 1. The molecule has 1 unspecified atom stereocenters. The first-order valence-corrected chi connectivity index (χ1v) is 10.4. The summed E-state index contributed by atoms with van der Waals surface area (Å²) in [5.74, 6) is -0.128. The van der Waals surface area contributed by atoms with Crippen LogP contribution in [0.2, 0.25) is 5.02 Å². The molecule has 2 aromatic carbocycles. The number of carbonyl (C=O) groups excluding carboxylic acids is 1. The molecule has 4 aromatic rings. The van der Waals surface area contributed by atoms with Crippen LogP contribution in [0, 0.1) is 0 Å². The molecule has 0 saturated carbocycles. The highest BCUT2D eigenvalue weighted by molar-refractivity contribution is 6.31. The predicted octanol–water partition coefficient (Wildman–Crippen LogP) is 5.77. The summed E-state index contributed by atoms with van der Waals surface area (Å²) >= 11 is 6.61. The molecule has 31 heavy (non-hydrogen) atoms. The number of benzene rings is 2. The largest absolute Gasteiger partial charge is 0.364 e. The molecule has 0 spiro atoms. The Hall–Kier alpha value is -3.38. The van der Waals surface area contributed by atoms with E-state index in [1.807, 2.05) is 48.5 Å². The lowest BCUT2D eigenvalue weighted by Gasteiger charge is -2.29. The van der Waals surface area contributed by atoms with Crippen molar-refractivity contribution in [3.8, 4) is 11.3 Å². The highest BCUT2D eigenvalue weighted by atomic mass is 35.5. The number of rotatable bonds is 3. The molecule has 7 heteroatoms. The fourth-order valence-corrected chi connectivity index (χ4v) is 4.37. The highest BCUT2D eigenvalue weighted by Crippen LogP contribution is 2.46. The van der Waals surface area contributed by atoms with Gasteiger partial charge < -0.3 is 4.52 Å². The van der Waals surface area contributed by atoms with Gasteiger partial charge in [-0.2, -0.15) is 5.10 Å². The summed E-state index contributed by atoms with van der Waals surface area (Å²) in [4.78, 5) is 15.3. The van der Waals surface area contributed by atoms with E-state index in [4.69, 9.17) is 16.1 Å². The molecule has 0 saturated heterocycles. The average molecular weight is 433 g/mol. The average Bonchev–Trinajstić information content (AvgIpc) is 3.46. The number of aromatic amines is 1. The minimum absolute atomic E-state index is 0.128. The van der Waals surface area contributed by atoms with E-state index in [1.54, 1.807) is 11.0 Å². The van der Waals surface area contributed by atoms with Crippen molar-refractivity contribution in [1.29, 1.82) is 0 Å². The molecule has 1 aliphatic rings. The van der Waals surface area contributed by atoms with E-state index in [1.165, 1.54) is 6.26 Å². The highest BCUT2D eigenvalue weighted by Gasteiger charge is 2.45. The maximum Gasteiger partial charge on any atom is 0.277 e. The first-order chi connectivity index (χ1) is 14.9. The molecule has 0 aliphatic carbocycles. The summed E-state index contributed by atoms with van der Waals surface area (Å²) in [7, 11) is 0. The lowest BCUT2D eigenvalue weighted by molar-refractivity contribution is 0.0988. The van der Waals surface area contributed by atoms with Gasteiger partial charge in [0.1, 0.15) is 17.7 Å². The number of amides is 1. The maximum atomic E-state index is 13.5. The van der Waals surface area contributed by atoms with Gasteiger partial charge in [0.05, 0.1) is 11.7 Å². The molecule has 3 heterocycles. The van der Waals surface area contributed by atoms with Crippen LogP contribution >= 0.6 is 11.6 Å². The molecule has 1 atom stereocenters. The predicted molar refractivity (Wildman–Crippen MR) is 119 cm³/mol. The Morgan fingerprint density at radius 3 is 2.45 bits per heavy atom. The van der Waals surface area contributed by atoms with E-state index in [2.05, 4.69) is 36.1 Å². The Labute approximate surface area is 184 Å². The van der Waals surface area contributed by atoms with Crippen molar-refractivity contribution in [3.63, 3.8) is 0 Å². The van der Waals surface area contributed by atoms with Crippen LogP contribution in [-0.4, -0.2) is 21.3 Å². The van der Waals surface area contributed by atoms with Crippen molar-refractivity contribution in [2.75, 3.05) is 4.90 Å². The minimum Gasteiger partial charge on any atom is -0.364 e. The molecule has 1 amide bonds. The van der Waals surface area contributed by atoms with Gasteiger partial charge in [-0.05, 0) is 23.8 Å². The van der Waals surface area contributed by atoms with Gasteiger partial charge in [0.2, 0.25) is 0 Å². The van der Waals surface area contributed by atoms with Gasteiger partial charge in [-0.15, -0.1) is 0 Å². The second-order valence-corrected chi connectivity index (χ2v) is 9.05. The third-order valence-electron chi connectivity index (χ3n) is 5.56. The number of hydrogen-bond acceptors (Lipinski definition) is 4. The van der Waals surface area contributed by atoms with Crippen molar-refractivity contribution in [2.45, 2.75) is 32.2 Å². The van der Waals surface area contributed by atoms with E-state index in [9.17, 15) is 4.79 Å². The first kappa shape index (κ1) is 19.6. The molecule has 6 nitrogen and oxygen atoms in total. The van der Waals surface area contributed by atoms with E-state index in [0.717, 1.165) is 33.8 Å². The van der Waals surface area contributed by atoms with Crippen molar-refractivity contribution >= 4 is 23.2 Å². The van der Waals surface area contributed by atoms with Crippen LogP contribution in [0.4, 0.5) is 5.69 Å². The Kier molecular flexibility index (Phi) is 4.48. The summed E-state index contributed by atoms with van der Waals surface area (Å²) < 4.78 is 4.94. The van der Waals surface area contributed by atoms with E-state index in [-0.39, 0.29) is 17.4 Å². The minimum atomic E-state index is -0.373. The first-order valence-electron chi connectivity index (χ1n) is 10.0. The van der Waals surface area contributed by atoms with Crippen LogP contribution < -0.4 is 4.90 Å². The van der Waals surface area contributed by atoms with Gasteiger partial charge in [-0.1, -0.05) is 67.9 Å². The van der Waals surface area contributed by atoms with Gasteiger partial charge in [0.25, 0.3) is 5.91 Å². The normalized spacial score (nSPS) is 16.1. The zero-order valence-electron chi connectivity index (χ0n) is 17.4. The number of halogens is 1. The number of nitrogens with zero attached hydrogens (tertiary/aromatic N) is 3. The van der Waals surface area contributed by atoms with E-state index in [0.29, 0.717) is 10.7 Å². The number of fused-ring (bicyclic) bond motifs is 1. The second-order valence-electron chi connectivity index (χ2n) is 8.64. The molecule has 1 aliphatic heterocycles. The summed E-state index contributed by atoms with van der Waals surface area (Å²) in [5, 5.41) is 12.1. The summed E-state index contributed by atoms with van der Waals surface area (Å²) in [6, 6.07) is 16.8. The van der Waals surface area contributed by atoms with Crippen LogP contribution in [-0.2, 0) is 5.41 Å². The zero-order chi connectivity index (χ0) is 21.8. The lowest BCUT2D eigenvalue weighted by atomic mass is 9.85. The molecular weight excluding hydrogens is 412 g/mol. The lowest BCUT2D eigenvalue weighted by Crippen LogP contribution is -2.30. The molecule has 0 fully saturated rings. The maximum absolute atomic E-state index is 13.5. The Morgan fingerprint density at radius 2 is 1.81 bits per heavy atom. The van der Waals surface area contributed by atoms with Crippen LogP contribution in [0.5, 0.6) is 0 Å². The van der Waals surface area contributed by atoms with Crippen LogP contribution in [0.25, 0.3) is 11.3 Å². The number of hydrogen-bond donors (Lipinski definition) is 1. The van der Waals surface area contributed by atoms with Gasteiger partial charge in [0, 0.05) is 33.3 Å². The van der Waals surface area contributed by atoms with Crippen LogP contribution in [0.1, 0.15) is 54.1 Å². The monoisotopic (exact) mass is 432 g/mol. The SMILES string of the molecule is CC(C)(C)c1n[nH]c2c1C(c1ccccc1Cl)N(c1ccc(-c3ccon3)cc1)C2=O. The summed E-state index contributed by atoms with van der Waals surface area (Å²) in [6.07, 6.45) is 1.54. The second kappa shape index (κ2) is 7.10. The van der Waals surface area contributed by atoms with E-state index >= 15 is 0 Å². The van der Waals surface area contributed by atoms with Crippen molar-refractivity contribution in [1.82, 2.24) is 15.4 Å². The fraction of sp³-hybridized carbons (Fsp3) is 0.208. The van der Waals surface area contributed by atoms with Gasteiger partial charge in [-0.25, -0.2) is 0 Å². The molecular formula is C24H21ClN4O2. The molecule has 2 aromatic heterocycles. The molecule has 5 rings (SSSR count). The topological polar surface area (TPSA) is 75.0 Å². The van der Waals surface area contributed by atoms with Gasteiger partial charge >= 0.3 is 0 Å². The van der Waals surface area contributed by atoms with E-state index < -0.39 is 0 Å². The standard InChI is InChI=1S/C24H21ClN4O2/c1-24(2,3)22-19-20(26-27-22)23(30)29(21(19)16-6-4-5-7-17(16)25)15-10-8-14(9-11-15)18-12-13-31-28-18/h4-13,21H,1-3H3,(H,26,27). The molecule has 1 N–H and O–H groups in total. The third-order valence-corrected chi connectivity index (χ3v) is 5.90. The third kappa shape index (κ3) is 3.15. The molecule has 0 radical (unpaired) electrons. The summed E-state index contributed by atoms with van der Waals surface area (Å²) in [5.41, 5.74) is 5.30. The van der Waals surface area contributed by atoms with Gasteiger partial charge in [-0.3, -0.25) is 14.8 Å². The quantitative estimate of drug-likeness (QED) is 0.446. The van der Waals surface area contributed by atoms with Crippen molar-refractivity contribution in [3.05, 3.63) is 88.4 Å². The van der Waals surface area contributed by atoms with Crippen LogP contribution in [0.15, 0.2) is 65.4 Å². The molecule has 0 bridgehead atoms. The van der Waals surface area contributed by atoms with Gasteiger partial charge in [0.15, 0.2) is 0 Å². The van der Waals surface area contributed by atoms with Crippen molar-refractivity contribution < 1.29 is 9.32 Å². The zero-order valence-corrected chi connectivity index (χ0v) is 18.1. The number of nitrogens with one attached hydrogen (secondary N) is 1. The number of aromatic nitrogens is 3.